The number of halogens is 2. The van der Waals surface area contributed by atoms with Crippen molar-refractivity contribution in [3.8, 4) is 0 Å². The molecule has 2 heterocycles. The first-order valence-electron chi connectivity index (χ1n) is 6.44. The number of ether oxygens (including phenoxy) is 1. The fourth-order valence-corrected chi connectivity index (χ4v) is 2.44. The molecule has 0 bridgehead atoms. The Morgan fingerprint density at radius 1 is 1.62 bits per heavy atom. The Kier molecular flexibility index (Phi) is 5.55. The van der Waals surface area contributed by atoms with Crippen LogP contribution in [0.4, 0.5) is 0 Å². The Labute approximate surface area is 136 Å². The maximum absolute atomic E-state index is 12.0. The molecule has 0 aromatic carbocycles. The van der Waals surface area contributed by atoms with Gasteiger partial charge in [0.2, 0.25) is 5.91 Å². The maximum atomic E-state index is 12.0. The SMILES string of the molecule is COCCNC(=O)Cn1c(C(C)Cl)nc2cc(Br)cnc21. The van der Waals surface area contributed by atoms with Crippen LogP contribution in [0.2, 0.25) is 0 Å². The monoisotopic (exact) mass is 374 g/mol. The molecule has 0 spiro atoms. The van der Waals surface area contributed by atoms with E-state index in [1.807, 2.05) is 13.0 Å². The number of hydrogen-bond acceptors (Lipinski definition) is 4. The lowest BCUT2D eigenvalue weighted by Gasteiger charge is -2.10. The molecule has 1 N–H and O–H groups in total. The minimum Gasteiger partial charge on any atom is -0.383 e. The summed E-state index contributed by atoms with van der Waals surface area (Å²) in [5, 5.41) is 2.46. The summed E-state index contributed by atoms with van der Waals surface area (Å²) in [5.41, 5.74) is 1.35. The minimum atomic E-state index is -0.315. The highest BCUT2D eigenvalue weighted by Gasteiger charge is 2.18. The normalized spacial score (nSPS) is 12.6. The third-order valence-corrected chi connectivity index (χ3v) is 3.50. The highest BCUT2D eigenvalue weighted by atomic mass is 79.9. The lowest BCUT2D eigenvalue weighted by atomic mass is 10.4. The zero-order valence-electron chi connectivity index (χ0n) is 11.8. The van der Waals surface area contributed by atoms with Crippen molar-refractivity contribution in [2.75, 3.05) is 20.3 Å². The molecule has 0 aliphatic carbocycles. The number of methoxy groups -OCH3 is 1. The summed E-state index contributed by atoms with van der Waals surface area (Å²) < 4.78 is 7.47. The summed E-state index contributed by atoms with van der Waals surface area (Å²) >= 11 is 9.51. The molecule has 114 valence electrons. The number of amides is 1. The summed E-state index contributed by atoms with van der Waals surface area (Å²) in [6.45, 7) is 2.88. The molecule has 0 saturated heterocycles. The van der Waals surface area contributed by atoms with Crippen LogP contribution in [0.25, 0.3) is 11.2 Å². The van der Waals surface area contributed by atoms with E-state index < -0.39 is 0 Å². The number of nitrogens with one attached hydrogen (secondary N) is 1. The van der Waals surface area contributed by atoms with Crippen molar-refractivity contribution in [2.24, 2.45) is 0 Å². The van der Waals surface area contributed by atoms with Crippen molar-refractivity contribution in [3.05, 3.63) is 22.6 Å². The van der Waals surface area contributed by atoms with E-state index in [0.717, 1.165) is 4.47 Å². The number of carbonyl (C=O) groups is 1. The van der Waals surface area contributed by atoms with Crippen LogP contribution in [0.5, 0.6) is 0 Å². The Morgan fingerprint density at radius 2 is 2.38 bits per heavy atom. The van der Waals surface area contributed by atoms with E-state index >= 15 is 0 Å². The van der Waals surface area contributed by atoms with Crippen LogP contribution in [0.3, 0.4) is 0 Å². The number of pyridine rings is 1. The van der Waals surface area contributed by atoms with Crippen LogP contribution in [0.15, 0.2) is 16.7 Å². The molecular formula is C13H16BrClN4O2. The lowest BCUT2D eigenvalue weighted by Crippen LogP contribution is -2.31. The fourth-order valence-electron chi connectivity index (χ4n) is 1.96. The van der Waals surface area contributed by atoms with Crippen molar-refractivity contribution in [3.63, 3.8) is 0 Å². The quantitative estimate of drug-likeness (QED) is 0.621. The summed E-state index contributed by atoms with van der Waals surface area (Å²) in [6, 6.07) is 1.85. The molecule has 1 unspecified atom stereocenters. The van der Waals surface area contributed by atoms with Gasteiger partial charge in [-0.3, -0.25) is 4.79 Å². The largest absolute Gasteiger partial charge is 0.383 e. The molecule has 2 rings (SSSR count). The first-order chi connectivity index (χ1) is 10.0. The fraction of sp³-hybridized carbons (Fsp3) is 0.462. The summed E-state index contributed by atoms with van der Waals surface area (Å²) in [7, 11) is 1.59. The number of alkyl halides is 1. The Bertz CT molecular complexity index is 644. The van der Waals surface area contributed by atoms with Crippen molar-refractivity contribution in [2.45, 2.75) is 18.8 Å². The van der Waals surface area contributed by atoms with Crippen LogP contribution < -0.4 is 5.32 Å². The predicted octanol–water partition coefficient (Wildman–Crippen LogP) is 2.26. The third kappa shape index (κ3) is 3.93. The molecular weight excluding hydrogens is 360 g/mol. The number of aromatic nitrogens is 3. The van der Waals surface area contributed by atoms with Gasteiger partial charge in [0, 0.05) is 24.3 Å². The first kappa shape index (κ1) is 16.2. The maximum Gasteiger partial charge on any atom is 0.240 e. The van der Waals surface area contributed by atoms with Gasteiger partial charge in [0.05, 0.1) is 12.0 Å². The van der Waals surface area contributed by atoms with Gasteiger partial charge in [0.25, 0.3) is 0 Å². The molecule has 0 saturated carbocycles. The van der Waals surface area contributed by atoms with Gasteiger partial charge in [-0.05, 0) is 28.9 Å². The molecule has 2 aromatic heterocycles. The van der Waals surface area contributed by atoms with E-state index in [1.165, 1.54) is 0 Å². The molecule has 21 heavy (non-hydrogen) atoms. The molecule has 1 atom stereocenters. The number of fused-ring (bicyclic) bond motifs is 1. The molecule has 0 fully saturated rings. The van der Waals surface area contributed by atoms with Crippen LogP contribution in [0, 0.1) is 0 Å². The van der Waals surface area contributed by atoms with Crippen molar-refractivity contribution in [1.29, 1.82) is 0 Å². The van der Waals surface area contributed by atoms with Crippen LogP contribution >= 0.6 is 27.5 Å². The second kappa shape index (κ2) is 7.20. The molecule has 2 aromatic rings. The summed E-state index contributed by atoms with van der Waals surface area (Å²) in [5.74, 6) is 0.494. The van der Waals surface area contributed by atoms with Crippen molar-refractivity contribution in [1.82, 2.24) is 19.9 Å². The van der Waals surface area contributed by atoms with E-state index in [9.17, 15) is 4.79 Å². The van der Waals surface area contributed by atoms with Crippen molar-refractivity contribution < 1.29 is 9.53 Å². The zero-order valence-corrected chi connectivity index (χ0v) is 14.1. The van der Waals surface area contributed by atoms with E-state index in [2.05, 4.69) is 31.2 Å². The van der Waals surface area contributed by atoms with Gasteiger partial charge in [-0.1, -0.05) is 0 Å². The van der Waals surface area contributed by atoms with Gasteiger partial charge >= 0.3 is 0 Å². The highest BCUT2D eigenvalue weighted by Crippen LogP contribution is 2.24. The standard InChI is InChI=1S/C13H16BrClN4O2/c1-8(15)12-18-10-5-9(14)6-17-13(10)19(12)7-11(20)16-3-4-21-2/h5-6,8H,3-4,7H2,1-2H3,(H,16,20). The first-order valence-corrected chi connectivity index (χ1v) is 7.67. The Hall–Kier alpha value is -1.18. The molecule has 6 nitrogen and oxygen atoms in total. The second-order valence-corrected chi connectivity index (χ2v) is 6.08. The van der Waals surface area contributed by atoms with Gasteiger partial charge in [-0.2, -0.15) is 0 Å². The van der Waals surface area contributed by atoms with Crippen molar-refractivity contribution >= 4 is 44.6 Å². The predicted molar refractivity (Wildman–Crippen MR) is 84.4 cm³/mol. The van der Waals surface area contributed by atoms with Gasteiger partial charge in [-0.25, -0.2) is 9.97 Å². The number of rotatable bonds is 6. The average Bonchev–Trinajstić information content (AvgIpc) is 2.77. The summed E-state index contributed by atoms with van der Waals surface area (Å²) in [4.78, 5) is 20.8. The van der Waals surface area contributed by atoms with E-state index in [1.54, 1.807) is 17.9 Å². The van der Waals surface area contributed by atoms with Crippen LogP contribution in [-0.4, -0.2) is 40.7 Å². The number of carbonyl (C=O) groups excluding carboxylic acids is 1. The van der Waals surface area contributed by atoms with Gasteiger partial charge < -0.3 is 14.6 Å². The topological polar surface area (TPSA) is 69.0 Å². The molecule has 1 amide bonds. The Morgan fingerprint density at radius 3 is 3.05 bits per heavy atom. The average molecular weight is 376 g/mol. The number of nitrogens with zero attached hydrogens (tertiary/aromatic N) is 3. The third-order valence-electron chi connectivity index (χ3n) is 2.87. The molecule has 0 radical (unpaired) electrons. The summed E-state index contributed by atoms with van der Waals surface area (Å²) in [6.07, 6.45) is 1.67. The minimum absolute atomic E-state index is 0.126. The van der Waals surface area contributed by atoms with Gasteiger partial charge in [-0.15, -0.1) is 11.6 Å². The van der Waals surface area contributed by atoms with Gasteiger partial charge in [0.15, 0.2) is 5.65 Å². The second-order valence-electron chi connectivity index (χ2n) is 4.51. The number of hydrogen-bond donors (Lipinski definition) is 1. The Balaban J connectivity index is 2.28. The van der Waals surface area contributed by atoms with Crippen LogP contribution in [-0.2, 0) is 16.1 Å². The van der Waals surface area contributed by atoms with Crippen LogP contribution in [0.1, 0.15) is 18.1 Å². The number of imidazole rings is 1. The molecule has 0 aliphatic rings. The van der Waals surface area contributed by atoms with Gasteiger partial charge in [0.1, 0.15) is 17.9 Å². The van der Waals surface area contributed by atoms with E-state index in [-0.39, 0.29) is 17.8 Å². The zero-order chi connectivity index (χ0) is 15.4. The highest BCUT2D eigenvalue weighted by molar-refractivity contribution is 9.10. The molecule has 8 heteroatoms. The molecule has 0 aliphatic heterocycles. The smallest absolute Gasteiger partial charge is 0.240 e. The van der Waals surface area contributed by atoms with E-state index in [0.29, 0.717) is 30.1 Å². The van der Waals surface area contributed by atoms with E-state index in [4.69, 9.17) is 16.3 Å². The lowest BCUT2D eigenvalue weighted by molar-refractivity contribution is -0.121.